The van der Waals surface area contributed by atoms with Gasteiger partial charge in [-0.05, 0) is 37.1 Å². The van der Waals surface area contributed by atoms with Crippen LogP contribution in [0.5, 0.6) is 17.2 Å². The lowest BCUT2D eigenvalue weighted by Gasteiger charge is -2.37. The second-order valence-corrected chi connectivity index (χ2v) is 11.3. The number of amides is 1. The maximum absolute atomic E-state index is 13.3. The normalized spacial score (nSPS) is 20.0. The summed E-state index contributed by atoms with van der Waals surface area (Å²) in [6, 6.07) is 6.01. The van der Waals surface area contributed by atoms with Gasteiger partial charge in [-0.25, -0.2) is 17.2 Å². The minimum atomic E-state index is -4.04. The van der Waals surface area contributed by atoms with E-state index in [9.17, 15) is 31.9 Å². The van der Waals surface area contributed by atoms with Crippen molar-refractivity contribution >= 4 is 56.3 Å². The number of alkyl halides is 2. The third kappa shape index (κ3) is 5.34. The van der Waals surface area contributed by atoms with Crippen molar-refractivity contribution in [3.8, 4) is 17.2 Å². The van der Waals surface area contributed by atoms with E-state index in [0.29, 0.717) is 17.9 Å². The first-order valence-electron chi connectivity index (χ1n) is 11.1. The number of benzene rings is 2. The summed E-state index contributed by atoms with van der Waals surface area (Å²) in [6.45, 7) is 0. The molecular weight excluding hydrogens is 571 g/mol. The quantitative estimate of drug-likeness (QED) is 0.462. The Morgan fingerprint density at radius 1 is 1.16 bits per heavy atom. The Hall–Kier alpha value is -2.84. The van der Waals surface area contributed by atoms with Gasteiger partial charge in [0.2, 0.25) is 10.0 Å². The van der Waals surface area contributed by atoms with Gasteiger partial charge in [0.15, 0.2) is 17.2 Å². The van der Waals surface area contributed by atoms with Gasteiger partial charge in [-0.2, -0.15) is 14.4 Å². The van der Waals surface area contributed by atoms with Crippen LogP contribution in [0.25, 0.3) is 0 Å². The number of methoxy groups -OCH3 is 1. The smallest absolute Gasteiger partial charge is 0.285 e. The SMILES string of the molecule is COc1ccc(Oc2c(Cl)cc(N3N=C(C(F)F)C(=O)CC3=O)cc2Cl)cc1S(=O)(=O)N(C)C1CC(O)C1. The molecule has 0 spiro atoms. The predicted molar refractivity (Wildman–Crippen MR) is 134 cm³/mol. The van der Waals surface area contributed by atoms with E-state index in [1.54, 1.807) is 0 Å². The van der Waals surface area contributed by atoms with Crippen molar-refractivity contribution in [2.24, 2.45) is 5.10 Å². The van der Waals surface area contributed by atoms with E-state index in [0.717, 1.165) is 4.31 Å². The third-order valence-electron chi connectivity index (χ3n) is 6.09. The summed E-state index contributed by atoms with van der Waals surface area (Å²) in [5, 5.41) is 13.3. The number of rotatable bonds is 8. The average Bonchev–Trinajstić information content (AvgIpc) is 2.83. The molecule has 2 aromatic carbocycles. The Morgan fingerprint density at radius 2 is 1.79 bits per heavy atom. The lowest BCUT2D eigenvalue weighted by molar-refractivity contribution is -0.124. The molecule has 4 rings (SSSR count). The zero-order valence-electron chi connectivity index (χ0n) is 19.9. The Morgan fingerprint density at radius 3 is 2.34 bits per heavy atom. The van der Waals surface area contributed by atoms with Crippen LogP contribution < -0.4 is 14.5 Å². The van der Waals surface area contributed by atoms with Crippen molar-refractivity contribution in [3.63, 3.8) is 0 Å². The van der Waals surface area contributed by atoms with E-state index in [2.05, 4.69) is 5.10 Å². The summed E-state index contributed by atoms with van der Waals surface area (Å²) in [7, 11) is -1.32. The van der Waals surface area contributed by atoms with Crippen LogP contribution in [0.4, 0.5) is 14.5 Å². The number of hydrogen-bond donors (Lipinski definition) is 1. The molecular formula is C23H21Cl2F2N3O7S. The van der Waals surface area contributed by atoms with E-state index in [4.69, 9.17) is 32.7 Å². The fourth-order valence-electron chi connectivity index (χ4n) is 3.90. The molecule has 1 aliphatic heterocycles. The summed E-state index contributed by atoms with van der Waals surface area (Å²) in [5.74, 6) is -1.96. The number of halogens is 4. The zero-order valence-corrected chi connectivity index (χ0v) is 22.2. The zero-order chi connectivity index (χ0) is 27.9. The summed E-state index contributed by atoms with van der Waals surface area (Å²) in [6.07, 6.45) is -3.92. The van der Waals surface area contributed by atoms with Gasteiger partial charge in [0.05, 0.1) is 35.4 Å². The number of carbonyl (C=O) groups excluding carboxylic acids is 2. The Labute approximate surface area is 226 Å². The Bertz CT molecular complexity index is 1410. The molecule has 1 N–H and O–H groups in total. The van der Waals surface area contributed by atoms with Gasteiger partial charge in [0.1, 0.15) is 16.4 Å². The van der Waals surface area contributed by atoms with Crippen LogP contribution in [0.2, 0.25) is 10.0 Å². The highest BCUT2D eigenvalue weighted by Crippen LogP contribution is 2.42. The molecule has 0 aromatic heterocycles. The summed E-state index contributed by atoms with van der Waals surface area (Å²) >= 11 is 12.6. The van der Waals surface area contributed by atoms with Crippen molar-refractivity contribution in [3.05, 3.63) is 40.4 Å². The molecule has 204 valence electrons. The summed E-state index contributed by atoms with van der Waals surface area (Å²) < 4.78 is 64.9. The van der Waals surface area contributed by atoms with Crippen molar-refractivity contribution < 1.29 is 41.4 Å². The number of anilines is 1. The van der Waals surface area contributed by atoms with Gasteiger partial charge in [-0.3, -0.25) is 9.59 Å². The van der Waals surface area contributed by atoms with Gasteiger partial charge >= 0.3 is 0 Å². The predicted octanol–water partition coefficient (Wildman–Crippen LogP) is 3.87. The molecule has 0 atom stereocenters. The van der Waals surface area contributed by atoms with Crippen LogP contribution in [0.15, 0.2) is 40.3 Å². The molecule has 0 saturated heterocycles. The molecule has 38 heavy (non-hydrogen) atoms. The standard InChI is InChI=1S/C23H21Cl2F2N3O7S/c1-29(11-5-13(31)6-11)38(34,35)19-9-14(3-4-18(19)36-2)37-22-15(24)7-12(8-16(22)25)30-20(33)10-17(32)21(28-30)23(26)27/h3-4,7-9,11,13,23,31H,5-6,10H2,1-2H3. The largest absolute Gasteiger partial charge is 0.495 e. The second-order valence-electron chi connectivity index (χ2n) is 8.54. The number of hydrogen-bond acceptors (Lipinski definition) is 8. The van der Waals surface area contributed by atoms with Gasteiger partial charge < -0.3 is 14.6 Å². The van der Waals surface area contributed by atoms with Crippen molar-refractivity contribution in [2.75, 3.05) is 19.2 Å². The monoisotopic (exact) mass is 591 g/mol. The van der Waals surface area contributed by atoms with Crippen LogP contribution in [0.3, 0.4) is 0 Å². The maximum Gasteiger partial charge on any atom is 0.285 e. The molecule has 1 amide bonds. The van der Waals surface area contributed by atoms with Gasteiger partial charge in [-0.1, -0.05) is 23.2 Å². The number of sulfonamides is 1. The molecule has 15 heteroatoms. The van der Waals surface area contributed by atoms with Crippen molar-refractivity contribution in [1.82, 2.24) is 4.31 Å². The van der Waals surface area contributed by atoms with E-state index >= 15 is 0 Å². The highest BCUT2D eigenvalue weighted by Gasteiger charge is 2.38. The molecule has 1 fully saturated rings. The number of hydrazone groups is 1. The van der Waals surface area contributed by atoms with Crippen LogP contribution in [0, 0.1) is 0 Å². The van der Waals surface area contributed by atoms with Crippen LogP contribution in [-0.2, 0) is 19.6 Å². The third-order valence-corrected chi connectivity index (χ3v) is 8.58. The fourth-order valence-corrected chi connectivity index (χ4v) is 6.00. The van der Waals surface area contributed by atoms with Crippen LogP contribution in [0.1, 0.15) is 19.3 Å². The number of carbonyl (C=O) groups is 2. The first-order chi connectivity index (χ1) is 17.8. The number of aliphatic hydroxyl groups is 1. The van der Waals surface area contributed by atoms with E-state index in [1.165, 1.54) is 44.5 Å². The lowest BCUT2D eigenvalue weighted by atomic mass is 9.90. The number of ether oxygens (including phenoxy) is 2. The number of ketones is 1. The van der Waals surface area contributed by atoms with E-state index < -0.39 is 46.4 Å². The molecule has 1 saturated carbocycles. The van der Waals surface area contributed by atoms with Crippen molar-refractivity contribution in [1.29, 1.82) is 0 Å². The van der Waals surface area contributed by atoms with Gasteiger partial charge in [0, 0.05) is 19.2 Å². The molecule has 0 unspecified atom stereocenters. The minimum Gasteiger partial charge on any atom is -0.495 e. The molecule has 2 aliphatic rings. The highest BCUT2D eigenvalue weighted by atomic mass is 35.5. The number of Topliss-reactive ketones (excluding diaryl/α,β-unsaturated/α-hetero) is 1. The Kier molecular flexibility index (Phi) is 7.96. The number of nitrogens with zero attached hydrogens (tertiary/aromatic N) is 3. The summed E-state index contributed by atoms with van der Waals surface area (Å²) in [4.78, 5) is 23.7. The van der Waals surface area contributed by atoms with E-state index in [-0.39, 0.29) is 43.9 Å². The molecule has 10 nitrogen and oxygen atoms in total. The average molecular weight is 592 g/mol. The fraction of sp³-hybridized carbons (Fsp3) is 0.348. The highest BCUT2D eigenvalue weighted by molar-refractivity contribution is 7.89. The van der Waals surface area contributed by atoms with E-state index in [1.807, 2.05) is 0 Å². The van der Waals surface area contributed by atoms with Gasteiger partial charge in [0.25, 0.3) is 12.3 Å². The van der Waals surface area contributed by atoms with Crippen molar-refractivity contribution in [2.45, 2.75) is 42.7 Å². The Balaban J connectivity index is 1.65. The molecule has 1 heterocycles. The molecule has 1 aliphatic carbocycles. The molecule has 2 aromatic rings. The maximum atomic E-state index is 13.3. The van der Waals surface area contributed by atoms with Crippen LogP contribution >= 0.6 is 23.2 Å². The first-order valence-corrected chi connectivity index (χ1v) is 13.3. The second kappa shape index (κ2) is 10.7. The first kappa shape index (κ1) is 28.2. The summed E-state index contributed by atoms with van der Waals surface area (Å²) in [5.41, 5.74) is -1.14. The minimum absolute atomic E-state index is 0.0284. The number of aliphatic hydroxyl groups excluding tert-OH is 1. The van der Waals surface area contributed by atoms with Crippen LogP contribution in [-0.4, -0.2) is 68.0 Å². The lowest BCUT2D eigenvalue weighted by Crippen LogP contribution is -2.47. The molecule has 0 radical (unpaired) electrons. The topological polar surface area (TPSA) is 126 Å². The van der Waals surface area contributed by atoms with Gasteiger partial charge in [-0.15, -0.1) is 0 Å². The molecule has 0 bridgehead atoms.